The van der Waals surface area contributed by atoms with E-state index in [1.807, 2.05) is 18.2 Å². The minimum atomic E-state index is 0.625. The predicted octanol–water partition coefficient (Wildman–Crippen LogP) is 2.55. The van der Waals surface area contributed by atoms with E-state index in [4.69, 9.17) is 5.73 Å². The Labute approximate surface area is 91.9 Å². The van der Waals surface area contributed by atoms with Crippen LogP contribution < -0.4 is 11.1 Å². The molecular weight excluding hydrogens is 184 g/mol. The Kier molecular flexibility index (Phi) is 2.96. The van der Waals surface area contributed by atoms with Gasteiger partial charge >= 0.3 is 0 Å². The minimum absolute atomic E-state index is 0.625. The third-order valence-electron chi connectivity index (χ3n) is 3.49. The maximum absolute atomic E-state index is 5.73. The van der Waals surface area contributed by atoms with Gasteiger partial charge in [0.15, 0.2) is 0 Å². The number of nitrogens with two attached hydrogens (primary N) is 1. The number of nitrogen functional groups attached to an aromatic ring is 1. The zero-order valence-electron chi connectivity index (χ0n) is 9.42. The summed E-state index contributed by atoms with van der Waals surface area (Å²) in [4.78, 5) is 0. The Morgan fingerprint density at radius 3 is 2.80 bits per heavy atom. The van der Waals surface area contributed by atoms with Gasteiger partial charge in [-0.15, -0.1) is 0 Å². The lowest BCUT2D eigenvalue weighted by Crippen LogP contribution is -2.23. The molecule has 0 bridgehead atoms. The van der Waals surface area contributed by atoms with Crippen LogP contribution in [0.2, 0.25) is 0 Å². The van der Waals surface area contributed by atoms with E-state index < -0.39 is 0 Å². The van der Waals surface area contributed by atoms with Crippen LogP contribution in [0.25, 0.3) is 0 Å². The van der Waals surface area contributed by atoms with Crippen molar-refractivity contribution >= 4 is 5.69 Å². The topological polar surface area (TPSA) is 38.0 Å². The molecule has 0 spiro atoms. The fourth-order valence-corrected chi connectivity index (χ4v) is 2.01. The molecule has 3 N–H and O–H groups in total. The Bertz CT molecular complexity index is 329. The smallest absolute Gasteiger partial charge is 0.0317 e. The molecule has 2 nitrogen and oxygen atoms in total. The van der Waals surface area contributed by atoms with Crippen molar-refractivity contribution in [2.75, 3.05) is 12.3 Å². The predicted molar refractivity (Wildman–Crippen MR) is 64.5 cm³/mol. The van der Waals surface area contributed by atoms with E-state index in [2.05, 4.69) is 18.3 Å². The highest BCUT2D eigenvalue weighted by Crippen LogP contribution is 2.47. The second-order valence-electron chi connectivity index (χ2n) is 4.70. The molecule has 0 radical (unpaired) electrons. The quantitative estimate of drug-likeness (QED) is 0.723. The van der Waals surface area contributed by atoms with E-state index in [1.165, 1.54) is 24.8 Å². The first-order valence-corrected chi connectivity index (χ1v) is 5.79. The van der Waals surface area contributed by atoms with Crippen LogP contribution >= 0.6 is 0 Å². The van der Waals surface area contributed by atoms with Gasteiger partial charge in [-0.05, 0) is 42.4 Å². The van der Waals surface area contributed by atoms with Gasteiger partial charge in [0.2, 0.25) is 0 Å². The monoisotopic (exact) mass is 204 g/mol. The SMILES string of the molecule is CCC1(CNCc2cccc(N)c2)CC1. The van der Waals surface area contributed by atoms with Crippen molar-refractivity contribution in [2.45, 2.75) is 32.7 Å². The van der Waals surface area contributed by atoms with Crippen LogP contribution in [0.5, 0.6) is 0 Å². The molecule has 0 heterocycles. The third-order valence-corrected chi connectivity index (χ3v) is 3.49. The van der Waals surface area contributed by atoms with Crippen LogP contribution in [-0.4, -0.2) is 6.54 Å². The average Bonchev–Trinajstić information content (AvgIpc) is 2.99. The van der Waals surface area contributed by atoms with Gasteiger partial charge in [0.25, 0.3) is 0 Å². The second kappa shape index (κ2) is 4.23. The standard InChI is InChI=1S/C13H20N2/c1-2-13(6-7-13)10-15-9-11-4-3-5-12(14)8-11/h3-5,8,15H,2,6-7,9-10,14H2,1H3. The molecule has 15 heavy (non-hydrogen) atoms. The highest BCUT2D eigenvalue weighted by atomic mass is 14.9. The lowest BCUT2D eigenvalue weighted by molar-refractivity contribution is 0.443. The minimum Gasteiger partial charge on any atom is -0.399 e. The van der Waals surface area contributed by atoms with Gasteiger partial charge in [0.05, 0.1) is 0 Å². The molecule has 1 saturated carbocycles. The van der Waals surface area contributed by atoms with Crippen LogP contribution in [0.3, 0.4) is 0 Å². The van der Waals surface area contributed by atoms with Crippen molar-refractivity contribution in [1.29, 1.82) is 0 Å². The van der Waals surface area contributed by atoms with Crippen LogP contribution in [0, 0.1) is 5.41 Å². The number of nitrogens with one attached hydrogen (secondary N) is 1. The molecule has 0 amide bonds. The van der Waals surface area contributed by atoms with Crippen molar-refractivity contribution in [3.05, 3.63) is 29.8 Å². The summed E-state index contributed by atoms with van der Waals surface area (Å²) in [6, 6.07) is 8.10. The number of hydrogen-bond acceptors (Lipinski definition) is 2. The van der Waals surface area contributed by atoms with Crippen LogP contribution in [0.4, 0.5) is 5.69 Å². The molecule has 0 aromatic heterocycles. The van der Waals surface area contributed by atoms with Crippen molar-refractivity contribution in [3.63, 3.8) is 0 Å². The zero-order chi connectivity index (χ0) is 10.7. The van der Waals surface area contributed by atoms with Crippen LogP contribution in [0.1, 0.15) is 31.7 Å². The molecule has 1 fully saturated rings. The molecule has 0 saturated heterocycles. The van der Waals surface area contributed by atoms with E-state index in [0.29, 0.717) is 5.41 Å². The van der Waals surface area contributed by atoms with E-state index in [-0.39, 0.29) is 0 Å². The summed E-state index contributed by atoms with van der Waals surface area (Å²) in [5.74, 6) is 0. The second-order valence-corrected chi connectivity index (χ2v) is 4.70. The number of benzene rings is 1. The van der Waals surface area contributed by atoms with Gasteiger partial charge in [-0.25, -0.2) is 0 Å². The van der Waals surface area contributed by atoms with E-state index >= 15 is 0 Å². The molecule has 0 aliphatic heterocycles. The summed E-state index contributed by atoms with van der Waals surface area (Å²) < 4.78 is 0. The molecule has 82 valence electrons. The Morgan fingerprint density at radius 1 is 1.40 bits per heavy atom. The molecule has 0 atom stereocenters. The molecular formula is C13H20N2. The average molecular weight is 204 g/mol. The van der Waals surface area contributed by atoms with Crippen molar-refractivity contribution < 1.29 is 0 Å². The first kappa shape index (κ1) is 10.5. The van der Waals surface area contributed by atoms with Crippen molar-refractivity contribution in [2.24, 2.45) is 5.41 Å². The summed E-state index contributed by atoms with van der Waals surface area (Å²) in [6.45, 7) is 4.38. The van der Waals surface area contributed by atoms with Gasteiger partial charge in [0.1, 0.15) is 0 Å². The van der Waals surface area contributed by atoms with E-state index in [9.17, 15) is 0 Å². The summed E-state index contributed by atoms with van der Waals surface area (Å²) in [6.07, 6.45) is 4.10. The lowest BCUT2D eigenvalue weighted by atomic mass is 10.0. The summed E-state index contributed by atoms with van der Waals surface area (Å²) in [5, 5.41) is 3.53. The fourth-order valence-electron chi connectivity index (χ4n) is 2.01. The Balaban J connectivity index is 1.78. The Morgan fingerprint density at radius 2 is 2.20 bits per heavy atom. The molecule has 1 aromatic rings. The summed E-state index contributed by atoms with van der Waals surface area (Å²) in [5.41, 5.74) is 8.48. The first-order valence-electron chi connectivity index (χ1n) is 5.79. The van der Waals surface area contributed by atoms with Crippen LogP contribution in [-0.2, 0) is 6.54 Å². The van der Waals surface area contributed by atoms with Gasteiger partial charge < -0.3 is 11.1 Å². The molecule has 1 aliphatic rings. The van der Waals surface area contributed by atoms with Crippen molar-refractivity contribution in [3.8, 4) is 0 Å². The highest BCUT2D eigenvalue weighted by Gasteiger charge is 2.39. The summed E-state index contributed by atoms with van der Waals surface area (Å²) >= 11 is 0. The fraction of sp³-hybridized carbons (Fsp3) is 0.538. The maximum Gasteiger partial charge on any atom is 0.0317 e. The lowest BCUT2D eigenvalue weighted by Gasteiger charge is -2.13. The number of hydrogen-bond donors (Lipinski definition) is 2. The first-order chi connectivity index (χ1) is 7.24. The Hall–Kier alpha value is -1.02. The van der Waals surface area contributed by atoms with E-state index in [1.54, 1.807) is 0 Å². The van der Waals surface area contributed by atoms with Crippen LogP contribution in [0.15, 0.2) is 24.3 Å². The number of rotatable bonds is 5. The van der Waals surface area contributed by atoms with Gasteiger partial charge in [-0.1, -0.05) is 19.1 Å². The highest BCUT2D eigenvalue weighted by molar-refractivity contribution is 5.40. The molecule has 0 unspecified atom stereocenters. The van der Waals surface area contributed by atoms with Gasteiger partial charge in [-0.2, -0.15) is 0 Å². The molecule has 2 rings (SSSR count). The third kappa shape index (κ3) is 2.72. The normalized spacial score (nSPS) is 17.7. The van der Waals surface area contributed by atoms with Gasteiger partial charge in [0, 0.05) is 18.8 Å². The summed E-state index contributed by atoms with van der Waals surface area (Å²) in [7, 11) is 0. The van der Waals surface area contributed by atoms with Crippen molar-refractivity contribution in [1.82, 2.24) is 5.32 Å². The maximum atomic E-state index is 5.73. The number of anilines is 1. The van der Waals surface area contributed by atoms with Gasteiger partial charge in [-0.3, -0.25) is 0 Å². The zero-order valence-corrected chi connectivity index (χ0v) is 9.42. The molecule has 2 heteroatoms. The van der Waals surface area contributed by atoms with E-state index in [0.717, 1.165) is 18.8 Å². The largest absolute Gasteiger partial charge is 0.399 e. The molecule has 1 aliphatic carbocycles. The molecule has 1 aromatic carbocycles.